The number of amides is 1. The summed E-state index contributed by atoms with van der Waals surface area (Å²) in [5, 5.41) is 12.8. The van der Waals surface area contributed by atoms with E-state index in [0.29, 0.717) is 5.69 Å². The van der Waals surface area contributed by atoms with Crippen molar-refractivity contribution in [1.29, 1.82) is 0 Å². The average Bonchev–Trinajstić information content (AvgIpc) is 2.13. The summed E-state index contributed by atoms with van der Waals surface area (Å²) in [6.07, 6.45) is 0. The van der Waals surface area contributed by atoms with Gasteiger partial charge in [0.25, 0.3) is 5.91 Å². The van der Waals surface area contributed by atoms with Crippen LogP contribution in [0, 0.1) is 0 Å². The Bertz CT molecular complexity index is 427. The summed E-state index contributed by atoms with van der Waals surface area (Å²) in [5.41, 5.74) is 0.694. The molecule has 80 valence electrons. The molecule has 0 bridgehead atoms. The highest BCUT2D eigenvalue weighted by molar-refractivity contribution is 6.08. The molecule has 0 atom stereocenters. The normalized spacial score (nSPS) is 18.3. The molecule has 0 unspecified atom stereocenters. The van der Waals surface area contributed by atoms with E-state index in [1.165, 1.54) is 4.90 Å². The maximum Gasteiger partial charge on any atom is 0.251 e. The molecule has 0 fully saturated rings. The van der Waals surface area contributed by atoms with Crippen molar-refractivity contribution < 1.29 is 9.90 Å². The van der Waals surface area contributed by atoms with Crippen LogP contribution < -0.4 is 10.2 Å². The number of benzene rings is 1. The van der Waals surface area contributed by atoms with Crippen LogP contribution in [0.3, 0.4) is 0 Å². The Morgan fingerprint density at radius 1 is 1.40 bits per heavy atom. The molecular weight excluding hydrogens is 192 g/mol. The number of phenols is 1. The fourth-order valence-corrected chi connectivity index (χ4v) is 1.90. The second-order valence-electron chi connectivity index (χ2n) is 4.29. The average molecular weight is 206 g/mol. The van der Waals surface area contributed by atoms with E-state index in [9.17, 15) is 9.90 Å². The van der Waals surface area contributed by atoms with E-state index in [-0.39, 0.29) is 11.7 Å². The first-order chi connectivity index (χ1) is 6.93. The molecule has 15 heavy (non-hydrogen) atoms. The van der Waals surface area contributed by atoms with Gasteiger partial charge in [0.05, 0.1) is 5.69 Å². The number of para-hydroxylation sites is 1. The molecule has 1 heterocycles. The predicted molar refractivity (Wildman–Crippen MR) is 59.2 cm³/mol. The first-order valence-corrected chi connectivity index (χ1v) is 4.82. The molecule has 0 saturated heterocycles. The minimum atomic E-state index is -0.629. The molecule has 2 rings (SSSR count). The van der Waals surface area contributed by atoms with Gasteiger partial charge in [0, 0.05) is 7.05 Å². The highest BCUT2D eigenvalue weighted by atomic mass is 16.3. The lowest BCUT2D eigenvalue weighted by molar-refractivity contribution is -0.121. The third-order valence-corrected chi connectivity index (χ3v) is 2.64. The molecule has 1 aliphatic rings. The largest absolute Gasteiger partial charge is 0.506 e. The number of hydrogen-bond donors (Lipinski definition) is 2. The Morgan fingerprint density at radius 3 is 2.73 bits per heavy atom. The lowest BCUT2D eigenvalue weighted by Gasteiger charge is -2.38. The van der Waals surface area contributed by atoms with Crippen LogP contribution in [0.4, 0.5) is 11.4 Å². The van der Waals surface area contributed by atoms with Crippen molar-refractivity contribution in [2.24, 2.45) is 0 Å². The number of carbonyl (C=O) groups excluding carboxylic acids is 1. The Morgan fingerprint density at radius 2 is 2.07 bits per heavy atom. The minimum Gasteiger partial charge on any atom is -0.506 e. The first kappa shape index (κ1) is 9.83. The second kappa shape index (κ2) is 2.89. The van der Waals surface area contributed by atoms with Crippen LogP contribution in [0.2, 0.25) is 0 Å². The van der Waals surface area contributed by atoms with Gasteiger partial charge in [-0.1, -0.05) is 6.07 Å². The molecule has 0 spiro atoms. The number of hydrogen-bond acceptors (Lipinski definition) is 3. The van der Waals surface area contributed by atoms with Crippen LogP contribution in [0.25, 0.3) is 0 Å². The van der Waals surface area contributed by atoms with Crippen LogP contribution >= 0.6 is 0 Å². The van der Waals surface area contributed by atoms with E-state index in [2.05, 4.69) is 5.32 Å². The van der Waals surface area contributed by atoms with Gasteiger partial charge in [0.2, 0.25) is 0 Å². The highest BCUT2D eigenvalue weighted by Gasteiger charge is 2.37. The maximum atomic E-state index is 11.9. The molecule has 4 heteroatoms. The highest BCUT2D eigenvalue weighted by Crippen LogP contribution is 2.40. The molecule has 1 amide bonds. The molecule has 0 saturated carbocycles. The molecule has 4 nitrogen and oxygen atoms in total. The van der Waals surface area contributed by atoms with Crippen LogP contribution in [0.15, 0.2) is 18.2 Å². The van der Waals surface area contributed by atoms with Crippen molar-refractivity contribution in [3.8, 4) is 5.75 Å². The number of nitrogens with zero attached hydrogens (tertiary/aromatic N) is 1. The van der Waals surface area contributed by atoms with E-state index in [4.69, 9.17) is 0 Å². The SMILES string of the molecule is CN1C(=O)C(C)(C)Nc2cccc(O)c21. The van der Waals surface area contributed by atoms with Crippen LogP contribution in [0.1, 0.15) is 13.8 Å². The Balaban J connectivity index is 2.60. The van der Waals surface area contributed by atoms with E-state index < -0.39 is 5.54 Å². The Kier molecular flexibility index (Phi) is 1.89. The summed E-state index contributed by atoms with van der Waals surface area (Å²) >= 11 is 0. The lowest BCUT2D eigenvalue weighted by Crippen LogP contribution is -2.52. The van der Waals surface area contributed by atoms with E-state index in [1.807, 2.05) is 19.9 Å². The summed E-state index contributed by atoms with van der Waals surface area (Å²) in [5.74, 6) is 0.0582. The number of nitrogens with one attached hydrogen (secondary N) is 1. The number of aromatic hydroxyl groups is 1. The summed E-state index contributed by atoms with van der Waals surface area (Å²) in [6.45, 7) is 3.64. The molecule has 1 aromatic carbocycles. The zero-order valence-corrected chi connectivity index (χ0v) is 9.03. The van der Waals surface area contributed by atoms with Crippen molar-refractivity contribution in [2.75, 3.05) is 17.3 Å². The van der Waals surface area contributed by atoms with E-state index >= 15 is 0 Å². The molecule has 0 aliphatic carbocycles. The van der Waals surface area contributed by atoms with Gasteiger partial charge >= 0.3 is 0 Å². The number of rotatable bonds is 0. The summed E-state index contributed by atoms with van der Waals surface area (Å²) in [4.78, 5) is 13.4. The Labute approximate surface area is 88.5 Å². The lowest BCUT2D eigenvalue weighted by atomic mass is 9.98. The van der Waals surface area contributed by atoms with Crippen molar-refractivity contribution >= 4 is 17.3 Å². The van der Waals surface area contributed by atoms with E-state index in [1.54, 1.807) is 19.2 Å². The van der Waals surface area contributed by atoms with Gasteiger partial charge in [0.1, 0.15) is 17.0 Å². The molecule has 0 radical (unpaired) electrons. The van der Waals surface area contributed by atoms with Gasteiger partial charge in [0.15, 0.2) is 0 Å². The van der Waals surface area contributed by atoms with Gasteiger partial charge in [-0.3, -0.25) is 4.79 Å². The standard InChI is InChI=1S/C11H14N2O2/c1-11(2)10(15)13(3)9-7(12-11)5-4-6-8(9)14/h4-6,12,14H,1-3H3. The van der Waals surface area contributed by atoms with Crippen LogP contribution in [-0.4, -0.2) is 23.6 Å². The van der Waals surface area contributed by atoms with Crippen molar-refractivity contribution in [3.05, 3.63) is 18.2 Å². The molecular formula is C11H14N2O2. The van der Waals surface area contributed by atoms with Gasteiger partial charge in [-0.2, -0.15) is 0 Å². The number of likely N-dealkylation sites (N-methyl/N-ethyl adjacent to an activating group) is 1. The van der Waals surface area contributed by atoms with Gasteiger partial charge in [-0.15, -0.1) is 0 Å². The summed E-state index contributed by atoms with van der Waals surface area (Å²) in [6, 6.07) is 5.17. The fourth-order valence-electron chi connectivity index (χ4n) is 1.90. The zero-order valence-electron chi connectivity index (χ0n) is 9.03. The quantitative estimate of drug-likeness (QED) is 0.677. The van der Waals surface area contributed by atoms with Gasteiger partial charge < -0.3 is 15.3 Å². The molecule has 1 aromatic rings. The van der Waals surface area contributed by atoms with Crippen molar-refractivity contribution in [2.45, 2.75) is 19.4 Å². The monoisotopic (exact) mass is 206 g/mol. The minimum absolute atomic E-state index is 0.0588. The summed E-state index contributed by atoms with van der Waals surface area (Å²) in [7, 11) is 1.67. The van der Waals surface area contributed by atoms with Crippen molar-refractivity contribution in [3.63, 3.8) is 0 Å². The number of phenolic OH excluding ortho intramolecular Hbond substituents is 1. The van der Waals surface area contributed by atoms with E-state index in [0.717, 1.165) is 5.69 Å². The number of carbonyl (C=O) groups is 1. The van der Waals surface area contributed by atoms with Crippen molar-refractivity contribution in [1.82, 2.24) is 0 Å². The fraction of sp³-hybridized carbons (Fsp3) is 0.364. The molecule has 1 aliphatic heterocycles. The van der Waals surface area contributed by atoms with Gasteiger partial charge in [-0.05, 0) is 26.0 Å². The number of anilines is 2. The maximum absolute atomic E-state index is 11.9. The second-order valence-corrected chi connectivity index (χ2v) is 4.29. The predicted octanol–water partition coefficient (Wildman–Crippen LogP) is 1.56. The zero-order chi connectivity index (χ0) is 11.2. The number of fused-ring (bicyclic) bond motifs is 1. The summed E-state index contributed by atoms with van der Waals surface area (Å²) < 4.78 is 0. The molecule has 2 N–H and O–H groups in total. The smallest absolute Gasteiger partial charge is 0.251 e. The first-order valence-electron chi connectivity index (χ1n) is 4.82. The van der Waals surface area contributed by atoms with Gasteiger partial charge in [-0.25, -0.2) is 0 Å². The molecule has 0 aromatic heterocycles. The van der Waals surface area contributed by atoms with Crippen LogP contribution in [-0.2, 0) is 4.79 Å². The Hall–Kier alpha value is -1.71. The third-order valence-electron chi connectivity index (χ3n) is 2.64. The van der Waals surface area contributed by atoms with Crippen LogP contribution in [0.5, 0.6) is 5.75 Å². The topological polar surface area (TPSA) is 52.6 Å². The third kappa shape index (κ3) is 1.33.